The molecule has 9 nitrogen and oxygen atoms in total. The first-order chi connectivity index (χ1) is 21.0. The molecule has 2 aliphatic rings. The van der Waals surface area contributed by atoms with Gasteiger partial charge in [0.2, 0.25) is 5.88 Å². The van der Waals surface area contributed by atoms with Gasteiger partial charge >= 0.3 is 0 Å². The Bertz CT molecular complexity index is 1600. The van der Waals surface area contributed by atoms with Gasteiger partial charge in [0.1, 0.15) is 23.9 Å². The summed E-state index contributed by atoms with van der Waals surface area (Å²) in [6.45, 7) is 8.78. The van der Waals surface area contributed by atoms with Crippen LogP contribution in [0.15, 0.2) is 54.6 Å². The minimum atomic E-state index is -0.625. The third-order valence-corrected chi connectivity index (χ3v) is 7.97. The van der Waals surface area contributed by atoms with Gasteiger partial charge in [-0.25, -0.2) is 9.37 Å². The molecular formula is C32H39FN4O5S. The summed E-state index contributed by atoms with van der Waals surface area (Å²) >= 11 is 1.20. The molecule has 0 radical (unpaired) electrons. The zero-order chi connectivity index (χ0) is 30.2. The van der Waals surface area contributed by atoms with Gasteiger partial charge in [-0.2, -0.15) is 0 Å². The molecule has 0 spiro atoms. The Balaban J connectivity index is 0.00000135. The molecule has 6 rings (SSSR count). The molecule has 2 aromatic heterocycles. The largest absolute Gasteiger partial charge is 0.486 e. The summed E-state index contributed by atoms with van der Waals surface area (Å²) in [5, 5.41) is 6.14. The van der Waals surface area contributed by atoms with Crippen LogP contribution >= 0.6 is 11.3 Å². The van der Waals surface area contributed by atoms with Gasteiger partial charge in [0, 0.05) is 32.1 Å². The van der Waals surface area contributed by atoms with E-state index in [-0.39, 0.29) is 8.54 Å². The van der Waals surface area contributed by atoms with Crippen LogP contribution in [0.25, 0.3) is 10.2 Å². The molecule has 2 amide bonds. The number of thiophene rings is 1. The third kappa shape index (κ3) is 7.60. The van der Waals surface area contributed by atoms with Gasteiger partial charge in [-0.15, -0.1) is 11.3 Å². The minimum absolute atomic E-state index is 0. The van der Waals surface area contributed by atoms with Gasteiger partial charge in [-0.05, 0) is 80.9 Å². The van der Waals surface area contributed by atoms with Crippen molar-refractivity contribution >= 4 is 44.7 Å². The minimum Gasteiger partial charge on any atom is -0.486 e. The van der Waals surface area contributed by atoms with Crippen LogP contribution < -0.4 is 24.8 Å². The zero-order valence-electron chi connectivity index (χ0n) is 24.3. The first-order valence-corrected chi connectivity index (χ1v) is 15.4. The third-order valence-electron chi connectivity index (χ3n) is 6.93. The van der Waals surface area contributed by atoms with Crippen LogP contribution in [0, 0.1) is 5.82 Å². The van der Waals surface area contributed by atoms with E-state index in [0.717, 1.165) is 31.4 Å². The summed E-state index contributed by atoms with van der Waals surface area (Å²) in [5.74, 6) is 0.0724. The summed E-state index contributed by atoms with van der Waals surface area (Å²) in [4.78, 5) is 33.8. The highest BCUT2D eigenvalue weighted by molar-refractivity contribution is 7.20. The molecule has 0 unspecified atom stereocenters. The van der Waals surface area contributed by atoms with Crippen LogP contribution in [-0.4, -0.2) is 61.2 Å². The van der Waals surface area contributed by atoms with Crippen molar-refractivity contribution in [3.8, 4) is 17.4 Å². The SMILES string of the molecule is CC.O=C(Nc1ccc(F)c(NC(=O)c2cc3ccc(OCCCN4CCCC4)nc3s2)c1)c1ccc2c(c1)OCCO2.[HH].[HH]. The summed E-state index contributed by atoms with van der Waals surface area (Å²) < 4.78 is 31.5. The number of benzene rings is 2. The molecule has 0 atom stereocenters. The molecular weight excluding hydrogens is 571 g/mol. The summed E-state index contributed by atoms with van der Waals surface area (Å²) in [5.41, 5.74) is 0.630. The topological polar surface area (TPSA) is 102 Å². The number of ether oxygens (including phenoxy) is 3. The molecule has 0 aliphatic carbocycles. The monoisotopic (exact) mass is 610 g/mol. The number of nitrogens with zero attached hydrogens (tertiary/aromatic N) is 2. The van der Waals surface area contributed by atoms with E-state index in [1.54, 1.807) is 30.3 Å². The number of rotatable bonds is 9. The van der Waals surface area contributed by atoms with Crippen LogP contribution in [0.1, 0.15) is 56.0 Å². The van der Waals surface area contributed by atoms with Crippen molar-refractivity contribution in [2.24, 2.45) is 0 Å². The van der Waals surface area contributed by atoms with Crippen molar-refractivity contribution < 1.29 is 31.0 Å². The van der Waals surface area contributed by atoms with E-state index in [1.165, 1.54) is 42.4 Å². The van der Waals surface area contributed by atoms with E-state index in [0.29, 0.717) is 58.2 Å². The smallest absolute Gasteiger partial charge is 0.265 e. The molecule has 1 saturated heterocycles. The number of anilines is 2. The van der Waals surface area contributed by atoms with Crippen molar-refractivity contribution in [2.45, 2.75) is 33.1 Å². The maximum absolute atomic E-state index is 14.6. The van der Waals surface area contributed by atoms with Crippen molar-refractivity contribution in [3.05, 3.63) is 70.9 Å². The maximum Gasteiger partial charge on any atom is 0.265 e. The summed E-state index contributed by atoms with van der Waals surface area (Å²) in [6, 6.07) is 14.2. The first-order valence-electron chi connectivity index (χ1n) is 14.6. The summed E-state index contributed by atoms with van der Waals surface area (Å²) in [6.07, 6.45) is 3.47. The second kappa shape index (κ2) is 14.3. The van der Waals surface area contributed by atoms with Gasteiger partial charge in [0.25, 0.3) is 11.8 Å². The summed E-state index contributed by atoms with van der Waals surface area (Å²) in [7, 11) is 0. The second-order valence-electron chi connectivity index (χ2n) is 9.87. The Labute approximate surface area is 256 Å². The van der Waals surface area contributed by atoms with E-state index in [1.807, 2.05) is 19.9 Å². The molecule has 4 heterocycles. The lowest BCUT2D eigenvalue weighted by Gasteiger charge is -2.18. The number of carbonyl (C=O) groups excluding carboxylic acids is 2. The Kier molecular flexibility index (Phi) is 10.1. The highest BCUT2D eigenvalue weighted by atomic mass is 32.1. The fraction of sp³-hybridized carbons (Fsp3) is 0.344. The molecule has 4 aromatic rings. The number of pyridine rings is 1. The van der Waals surface area contributed by atoms with Crippen LogP contribution in [-0.2, 0) is 0 Å². The Hall–Kier alpha value is -4.22. The van der Waals surface area contributed by atoms with Crippen LogP contribution in [0.5, 0.6) is 17.4 Å². The van der Waals surface area contributed by atoms with E-state index >= 15 is 0 Å². The Morgan fingerprint density at radius 2 is 1.77 bits per heavy atom. The van der Waals surface area contributed by atoms with E-state index < -0.39 is 17.6 Å². The van der Waals surface area contributed by atoms with Gasteiger partial charge in [-0.1, -0.05) is 13.8 Å². The van der Waals surface area contributed by atoms with Crippen molar-refractivity contribution in [3.63, 3.8) is 0 Å². The van der Waals surface area contributed by atoms with E-state index in [2.05, 4.69) is 20.5 Å². The highest BCUT2D eigenvalue weighted by Gasteiger charge is 2.18. The molecule has 0 saturated carbocycles. The number of nitrogens with one attached hydrogen (secondary N) is 2. The van der Waals surface area contributed by atoms with Crippen molar-refractivity contribution in [2.75, 3.05) is 50.1 Å². The second-order valence-corrected chi connectivity index (χ2v) is 10.9. The number of amides is 2. The van der Waals surface area contributed by atoms with E-state index in [4.69, 9.17) is 14.2 Å². The number of hydrogen-bond donors (Lipinski definition) is 2. The van der Waals surface area contributed by atoms with Crippen LogP contribution in [0.4, 0.5) is 15.8 Å². The van der Waals surface area contributed by atoms with Crippen molar-refractivity contribution in [1.29, 1.82) is 0 Å². The molecule has 230 valence electrons. The number of aromatic nitrogens is 1. The highest BCUT2D eigenvalue weighted by Crippen LogP contribution is 2.32. The number of halogens is 1. The van der Waals surface area contributed by atoms with Gasteiger partial charge in [-0.3, -0.25) is 9.59 Å². The van der Waals surface area contributed by atoms with Gasteiger partial charge < -0.3 is 29.7 Å². The number of fused-ring (bicyclic) bond motifs is 2. The average Bonchev–Trinajstić information content (AvgIpc) is 3.72. The van der Waals surface area contributed by atoms with E-state index in [9.17, 15) is 14.0 Å². The molecule has 2 N–H and O–H groups in total. The standard InChI is InChI=1S/C30H29FN4O5S.C2H6.2H2/c31-22-7-6-21(32-28(36)19-4-8-24-25(16-19)39-15-14-38-24)18-23(22)33-29(37)26-17-20-5-9-27(34-30(20)41-26)40-13-3-12-35-10-1-2-11-35;1-2;;/h4-9,16-18H,1-3,10-15H2,(H,32,36)(H,33,37);1-2H3;2*1H. The lowest BCUT2D eigenvalue weighted by molar-refractivity contribution is 0.102. The fourth-order valence-electron chi connectivity index (χ4n) is 4.83. The average molecular weight is 611 g/mol. The number of hydrogen-bond acceptors (Lipinski definition) is 8. The van der Waals surface area contributed by atoms with Crippen molar-refractivity contribution in [1.82, 2.24) is 9.88 Å². The zero-order valence-corrected chi connectivity index (χ0v) is 25.1. The number of likely N-dealkylation sites (tertiary alicyclic amines) is 1. The molecule has 11 heteroatoms. The normalized spacial score (nSPS) is 14.1. The first kappa shape index (κ1) is 30.2. The van der Waals surface area contributed by atoms with Crippen LogP contribution in [0.2, 0.25) is 0 Å². The maximum atomic E-state index is 14.6. The predicted molar refractivity (Wildman–Crippen MR) is 171 cm³/mol. The Morgan fingerprint density at radius 1 is 0.977 bits per heavy atom. The lowest BCUT2D eigenvalue weighted by Crippen LogP contribution is -2.21. The molecule has 0 bridgehead atoms. The Morgan fingerprint density at radius 3 is 2.58 bits per heavy atom. The van der Waals surface area contributed by atoms with Gasteiger partial charge in [0.15, 0.2) is 11.5 Å². The molecule has 1 fully saturated rings. The molecule has 2 aliphatic heterocycles. The fourth-order valence-corrected chi connectivity index (χ4v) is 5.75. The van der Waals surface area contributed by atoms with Gasteiger partial charge in [0.05, 0.1) is 17.2 Å². The molecule has 43 heavy (non-hydrogen) atoms. The quantitative estimate of drug-likeness (QED) is 0.195. The number of carbonyl (C=O) groups is 2. The lowest BCUT2D eigenvalue weighted by atomic mass is 10.1. The van der Waals surface area contributed by atoms with Crippen LogP contribution in [0.3, 0.4) is 0 Å². The molecule has 2 aromatic carbocycles. The predicted octanol–water partition coefficient (Wildman–Crippen LogP) is 7.09.